The first-order valence-electron chi connectivity index (χ1n) is 11.6. The molecular formula is C25H30ClN5O2. The summed E-state index contributed by atoms with van der Waals surface area (Å²) in [6, 6.07) is 15.6. The van der Waals surface area contributed by atoms with Gasteiger partial charge in [-0.15, -0.1) is 0 Å². The summed E-state index contributed by atoms with van der Waals surface area (Å²) >= 11 is 6.40. The minimum atomic E-state index is -0.391. The fourth-order valence-corrected chi connectivity index (χ4v) is 5.41. The Morgan fingerprint density at radius 1 is 1.09 bits per heavy atom. The first-order chi connectivity index (χ1) is 16.0. The second kappa shape index (κ2) is 8.97. The number of aryl methyl sites for hydroxylation is 2. The van der Waals surface area contributed by atoms with Crippen LogP contribution in [-0.2, 0) is 11.2 Å². The molecule has 7 nitrogen and oxygen atoms in total. The van der Waals surface area contributed by atoms with Crippen molar-refractivity contribution >= 4 is 29.2 Å². The molecule has 1 N–H and O–H groups in total. The lowest BCUT2D eigenvalue weighted by atomic mass is 10.1. The molecule has 174 valence electrons. The molecule has 3 saturated heterocycles. The lowest BCUT2D eigenvalue weighted by Crippen LogP contribution is -2.66. The van der Waals surface area contributed by atoms with Crippen molar-refractivity contribution in [2.75, 3.05) is 31.6 Å². The lowest BCUT2D eigenvalue weighted by Gasteiger charge is -2.44. The van der Waals surface area contributed by atoms with Crippen LogP contribution < -0.4 is 10.2 Å². The topological polar surface area (TPSA) is 59.1 Å². The number of imide groups is 1. The molecule has 0 aromatic heterocycles. The van der Waals surface area contributed by atoms with Crippen molar-refractivity contribution in [3.8, 4) is 0 Å². The van der Waals surface area contributed by atoms with Crippen LogP contribution in [0, 0.1) is 6.92 Å². The molecule has 0 saturated carbocycles. The molecule has 8 heteroatoms. The normalized spacial score (nSPS) is 25.4. The molecule has 3 aliphatic heterocycles. The van der Waals surface area contributed by atoms with E-state index < -0.39 is 6.04 Å². The quantitative estimate of drug-likeness (QED) is 0.731. The number of fused-ring (bicyclic) bond motifs is 3. The number of carbonyl (C=O) groups is 2. The number of nitrogens with one attached hydrogen (secondary N) is 1. The highest BCUT2D eigenvalue weighted by atomic mass is 35.5. The van der Waals surface area contributed by atoms with Gasteiger partial charge < -0.3 is 9.80 Å². The lowest BCUT2D eigenvalue weighted by molar-refractivity contribution is -0.138. The zero-order chi connectivity index (χ0) is 23.1. The molecule has 3 fully saturated rings. The number of halogens is 1. The zero-order valence-electron chi connectivity index (χ0n) is 19.1. The summed E-state index contributed by atoms with van der Waals surface area (Å²) < 4.78 is 0. The molecule has 0 radical (unpaired) electrons. The summed E-state index contributed by atoms with van der Waals surface area (Å²) in [7, 11) is 1.79. The summed E-state index contributed by atoms with van der Waals surface area (Å²) in [4.78, 5) is 34.2. The highest BCUT2D eigenvalue weighted by molar-refractivity contribution is 6.31. The Kier molecular flexibility index (Phi) is 6.03. The third-order valence-corrected chi connectivity index (χ3v) is 7.45. The number of urea groups is 1. The number of likely N-dealkylation sites (N-methyl/N-ethyl adjacent to an activating group) is 1. The zero-order valence-corrected chi connectivity index (χ0v) is 19.8. The monoisotopic (exact) mass is 467 g/mol. The second-order valence-corrected chi connectivity index (χ2v) is 9.53. The number of benzene rings is 2. The second-order valence-electron chi connectivity index (χ2n) is 9.12. The van der Waals surface area contributed by atoms with E-state index >= 15 is 0 Å². The third-order valence-electron chi connectivity index (χ3n) is 7.05. The van der Waals surface area contributed by atoms with Crippen LogP contribution in [0.4, 0.5) is 10.5 Å². The van der Waals surface area contributed by atoms with E-state index in [0.29, 0.717) is 6.54 Å². The Morgan fingerprint density at radius 3 is 2.64 bits per heavy atom. The van der Waals surface area contributed by atoms with E-state index in [2.05, 4.69) is 33.3 Å². The van der Waals surface area contributed by atoms with Gasteiger partial charge >= 0.3 is 6.03 Å². The van der Waals surface area contributed by atoms with Gasteiger partial charge in [0, 0.05) is 37.4 Å². The SMILES string of the molecule is Cc1ccc(N2CCCN3C4C(=O)N(CCCc5ccccc5)C(=O)N(C)C4NC23)cc1Cl. The predicted octanol–water partition coefficient (Wildman–Crippen LogP) is 3.27. The molecule has 3 unspecified atom stereocenters. The van der Waals surface area contributed by atoms with Crippen LogP contribution in [0.2, 0.25) is 5.02 Å². The Bertz CT molecular complexity index is 1050. The van der Waals surface area contributed by atoms with E-state index in [-0.39, 0.29) is 24.4 Å². The minimum absolute atomic E-state index is 0.102. The van der Waals surface area contributed by atoms with Gasteiger partial charge in [0.25, 0.3) is 5.91 Å². The molecule has 3 aliphatic rings. The Hall–Kier alpha value is -2.61. The number of rotatable bonds is 5. The van der Waals surface area contributed by atoms with Crippen LogP contribution in [0.15, 0.2) is 48.5 Å². The van der Waals surface area contributed by atoms with Gasteiger partial charge in [0.2, 0.25) is 0 Å². The fraction of sp³-hybridized carbons (Fsp3) is 0.440. The van der Waals surface area contributed by atoms with E-state index in [1.807, 2.05) is 37.3 Å². The molecule has 3 atom stereocenters. The van der Waals surface area contributed by atoms with Crippen LogP contribution in [0.25, 0.3) is 0 Å². The number of anilines is 1. The fourth-order valence-electron chi connectivity index (χ4n) is 5.24. The van der Waals surface area contributed by atoms with Crippen molar-refractivity contribution < 1.29 is 9.59 Å². The van der Waals surface area contributed by atoms with Gasteiger partial charge in [-0.25, -0.2) is 4.79 Å². The van der Waals surface area contributed by atoms with E-state index in [9.17, 15) is 9.59 Å². The van der Waals surface area contributed by atoms with Crippen LogP contribution in [0.5, 0.6) is 0 Å². The number of nitrogens with zero attached hydrogens (tertiary/aromatic N) is 4. The largest absolute Gasteiger partial charge is 0.343 e. The van der Waals surface area contributed by atoms with Crippen molar-refractivity contribution in [3.63, 3.8) is 0 Å². The molecule has 2 aromatic carbocycles. The van der Waals surface area contributed by atoms with E-state index in [1.54, 1.807) is 11.9 Å². The maximum Gasteiger partial charge on any atom is 0.327 e. The van der Waals surface area contributed by atoms with E-state index in [1.165, 1.54) is 10.5 Å². The number of carbonyl (C=O) groups excluding carboxylic acids is 2. The summed E-state index contributed by atoms with van der Waals surface area (Å²) in [5, 5.41) is 4.29. The van der Waals surface area contributed by atoms with Crippen LogP contribution in [0.3, 0.4) is 0 Å². The molecule has 0 bridgehead atoms. The number of amides is 3. The number of hydrogen-bond donors (Lipinski definition) is 1. The molecule has 3 amide bonds. The molecule has 0 spiro atoms. The van der Waals surface area contributed by atoms with Gasteiger partial charge in [-0.2, -0.15) is 0 Å². The summed E-state index contributed by atoms with van der Waals surface area (Å²) in [5.41, 5.74) is 3.27. The van der Waals surface area contributed by atoms with Crippen molar-refractivity contribution in [1.82, 2.24) is 20.0 Å². The van der Waals surface area contributed by atoms with E-state index in [0.717, 1.165) is 48.6 Å². The number of hydrogen-bond acceptors (Lipinski definition) is 5. The maximum atomic E-state index is 13.6. The highest BCUT2D eigenvalue weighted by Crippen LogP contribution is 2.34. The first kappa shape index (κ1) is 22.2. The molecule has 2 aromatic rings. The summed E-state index contributed by atoms with van der Waals surface area (Å²) in [5.74, 6) is -0.102. The van der Waals surface area contributed by atoms with Crippen molar-refractivity contribution in [2.24, 2.45) is 0 Å². The smallest absolute Gasteiger partial charge is 0.327 e. The maximum absolute atomic E-state index is 13.6. The van der Waals surface area contributed by atoms with Crippen molar-refractivity contribution in [2.45, 2.75) is 44.7 Å². The Balaban J connectivity index is 1.34. The predicted molar refractivity (Wildman–Crippen MR) is 129 cm³/mol. The standard InChI is InChI=1S/C25H30ClN5O2/c1-17-11-12-19(16-20(17)26)29-14-7-15-30-21-22(27-24(29)30)28(2)25(33)31(23(21)32)13-6-10-18-8-4-3-5-9-18/h3-5,8-9,11-12,16,21-22,24,27H,6-7,10,13-15H2,1-2H3. The Labute approximate surface area is 199 Å². The summed E-state index contributed by atoms with van der Waals surface area (Å²) in [6.45, 7) is 4.08. The molecule has 33 heavy (non-hydrogen) atoms. The third kappa shape index (κ3) is 3.98. The van der Waals surface area contributed by atoms with Crippen molar-refractivity contribution in [3.05, 3.63) is 64.7 Å². The van der Waals surface area contributed by atoms with Gasteiger partial charge in [-0.05, 0) is 49.4 Å². The highest BCUT2D eigenvalue weighted by Gasteiger charge is 2.55. The van der Waals surface area contributed by atoms with Gasteiger partial charge in [0.05, 0.1) is 0 Å². The Morgan fingerprint density at radius 2 is 1.88 bits per heavy atom. The van der Waals surface area contributed by atoms with Gasteiger partial charge in [-0.1, -0.05) is 48.0 Å². The average molecular weight is 468 g/mol. The van der Waals surface area contributed by atoms with Gasteiger partial charge in [0.15, 0.2) is 0 Å². The van der Waals surface area contributed by atoms with Crippen LogP contribution >= 0.6 is 11.6 Å². The molecule has 3 heterocycles. The average Bonchev–Trinajstić information content (AvgIpc) is 3.22. The van der Waals surface area contributed by atoms with Crippen LogP contribution in [-0.4, -0.2) is 71.8 Å². The van der Waals surface area contributed by atoms with Gasteiger partial charge in [-0.3, -0.25) is 19.9 Å². The van der Waals surface area contributed by atoms with Gasteiger partial charge in [0.1, 0.15) is 18.5 Å². The molecule has 5 rings (SSSR count). The first-order valence-corrected chi connectivity index (χ1v) is 12.0. The molecule has 0 aliphatic carbocycles. The molecular weight excluding hydrogens is 438 g/mol. The van der Waals surface area contributed by atoms with Crippen LogP contribution in [0.1, 0.15) is 24.0 Å². The van der Waals surface area contributed by atoms with E-state index in [4.69, 9.17) is 11.6 Å². The summed E-state index contributed by atoms with van der Waals surface area (Å²) in [6.07, 6.45) is 2.02. The van der Waals surface area contributed by atoms with Crippen molar-refractivity contribution in [1.29, 1.82) is 0 Å². The minimum Gasteiger partial charge on any atom is -0.343 e.